The number of carbonyl (C=O) groups is 2. The zero-order chi connectivity index (χ0) is 20.9. The fraction of sp³-hybridized carbons (Fsp3) is 0.412. The van der Waals surface area contributed by atoms with Gasteiger partial charge in [-0.1, -0.05) is 29.4 Å². The minimum absolute atomic E-state index is 0.0251. The summed E-state index contributed by atoms with van der Waals surface area (Å²) in [6.07, 6.45) is -4.72. The normalized spacial score (nSPS) is 11.4. The molecule has 2 aromatic rings. The SMILES string of the molecule is CCN(CC)C(=O)C(=O)N(Cc1ccc(-c2noc(C(F)(F)F)n2)cc1)OC. The minimum Gasteiger partial charge on any atom is -0.335 e. The summed E-state index contributed by atoms with van der Waals surface area (Å²) in [4.78, 5) is 34.1. The Morgan fingerprint density at radius 1 is 1.11 bits per heavy atom. The number of alkyl halides is 3. The largest absolute Gasteiger partial charge is 0.471 e. The number of hydrogen-bond acceptors (Lipinski definition) is 6. The summed E-state index contributed by atoms with van der Waals surface area (Å²) >= 11 is 0. The van der Waals surface area contributed by atoms with Crippen molar-refractivity contribution in [3.8, 4) is 11.4 Å². The Labute approximate surface area is 158 Å². The Hall–Kier alpha value is -2.95. The van der Waals surface area contributed by atoms with Crippen LogP contribution >= 0.6 is 0 Å². The third-order valence-corrected chi connectivity index (χ3v) is 3.89. The zero-order valence-electron chi connectivity index (χ0n) is 15.5. The molecular weight excluding hydrogens is 381 g/mol. The van der Waals surface area contributed by atoms with Gasteiger partial charge >= 0.3 is 23.9 Å². The van der Waals surface area contributed by atoms with Crippen LogP contribution < -0.4 is 0 Å². The number of amides is 2. The molecule has 0 radical (unpaired) electrons. The first-order valence-electron chi connectivity index (χ1n) is 8.36. The molecule has 28 heavy (non-hydrogen) atoms. The van der Waals surface area contributed by atoms with Gasteiger partial charge in [-0.05, 0) is 19.4 Å². The van der Waals surface area contributed by atoms with Crippen LogP contribution in [-0.4, -0.2) is 52.1 Å². The molecule has 2 amide bonds. The second-order valence-corrected chi connectivity index (χ2v) is 5.62. The molecule has 1 aromatic carbocycles. The Morgan fingerprint density at radius 3 is 2.18 bits per heavy atom. The summed E-state index contributed by atoms with van der Waals surface area (Å²) in [5, 5.41) is 4.21. The van der Waals surface area contributed by atoms with E-state index in [0.717, 1.165) is 5.06 Å². The minimum atomic E-state index is -4.72. The number of likely N-dealkylation sites (N-methyl/N-ethyl adjacent to an activating group) is 1. The van der Waals surface area contributed by atoms with Gasteiger partial charge in [-0.3, -0.25) is 14.4 Å². The molecular formula is C17H19F3N4O4. The maximum Gasteiger partial charge on any atom is 0.471 e. The molecule has 0 saturated carbocycles. The summed E-state index contributed by atoms with van der Waals surface area (Å²) in [7, 11) is 1.26. The van der Waals surface area contributed by atoms with Crippen molar-refractivity contribution in [2.45, 2.75) is 26.6 Å². The highest BCUT2D eigenvalue weighted by Gasteiger charge is 2.38. The number of rotatable bonds is 6. The monoisotopic (exact) mass is 400 g/mol. The van der Waals surface area contributed by atoms with Crippen molar-refractivity contribution in [3.63, 3.8) is 0 Å². The molecule has 0 bridgehead atoms. The Morgan fingerprint density at radius 2 is 1.71 bits per heavy atom. The highest BCUT2D eigenvalue weighted by atomic mass is 19.4. The Balaban J connectivity index is 2.11. The first kappa shape index (κ1) is 21.4. The van der Waals surface area contributed by atoms with Crippen LogP contribution in [0.1, 0.15) is 25.3 Å². The molecule has 11 heteroatoms. The van der Waals surface area contributed by atoms with Crippen molar-refractivity contribution in [3.05, 3.63) is 35.7 Å². The van der Waals surface area contributed by atoms with Gasteiger partial charge in [0.25, 0.3) is 0 Å². The third kappa shape index (κ3) is 4.85. The van der Waals surface area contributed by atoms with Crippen LogP contribution in [0.2, 0.25) is 0 Å². The standard InChI is InChI=1S/C17H19F3N4O4/c1-4-23(5-2)14(25)15(26)24(27-3)10-11-6-8-12(9-7-11)13-21-16(28-22-13)17(18,19)20/h6-9H,4-5,10H2,1-3H3. The van der Waals surface area contributed by atoms with E-state index in [1.807, 2.05) is 0 Å². The number of nitrogens with zero attached hydrogens (tertiary/aromatic N) is 4. The van der Waals surface area contributed by atoms with E-state index >= 15 is 0 Å². The Kier molecular flexibility index (Phi) is 6.73. The van der Waals surface area contributed by atoms with Crippen LogP contribution in [0.4, 0.5) is 13.2 Å². The van der Waals surface area contributed by atoms with Crippen molar-refractivity contribution in [2.24, 2.45) is 0 Å². The van der Waals surface area contributed by atoms with Crippen LogP contribution in [-0.2, 0) is 27.1 Å². The van der Waals surface area contributed by atoms with E-state index in [4.69, 9.17) is 4.84 Å². The van der Waals surface area contributed by atoms with Gasteiger partial charge in [-0.15, -0.1) is 0 Å². The van der Waals surface area contributed by atoms with E-state index in [1.54, 1.807) is 26.0 Å². The fourth-order valence-corrected chi connectivity index (χ4v) is 2.35. The summed E-state index contributed by atoms with van der Waals surface area (Å²) in [6, 6.07) is 6.07. The van der Waals surface area contributed by atoms with Crippen molar-refractivity contribution in [2.75, 3.05) is 20.2 Å². The van der Waals surface area contributed by atoms with E-state index in [2.05, 4.69) is 14.7 Å². The van der Waals surface area contributed by atoms with E-state index < -0.39 is 23.9 Å². The summed E-state index contributed by atoms with van der Waals surface area (Å²) in [5.41, 5.74) is 0.892. The zero-order valence-corrected chi connectivity index (χ0v) is 15.5. The topological polar surface area (TPSA) is 88.8 Å². The second kappa shape index (κ2) is 8.83. The molecule has 0 saturated heterocycles. The summed E-state index contributed by atoms with van der Waals surface area (Å²) in [6.45, 7) is 4.26. The molecule has 0 aliphatic carbocycles. The average Bonchev–Trinajstić information content (AvgIpc) is 3.17. The van der Waals surface area contributed by atoms with Crippen molar-refractivity contribution >= 4 is 11.8 Å². The third-order valence-electron chi connectivity index (χ3n) is 3.89. The molecule has 0 spiro atoms. The van der Waals surface area contributed by atoms with Crippen LogP contribution in [0.5, 0.6) is 0 Å². The van der Waals surface area contributed by atoms with E-state index in [1.165, 1.54) is 24.1 Å². The quantitative estimate of drug-likeness (QED) is 0.547. The molecule has 2 rings (SSSR count). The number of halogens is 3. The van der Waals surface area contributed by atoms with Crippen molar-refractivity contribution in [1.82, 2.24) is 20.1 Å². The van der Waals surface area contributed by atoms with Gasteiger partial charge in [0.2, 0.25) is 5.82 Å². The van der Waals surface area contributed by atoms with Gasteiger partial charge in [0.1, 0.15) is 0 Å². The van der Waals surface area contributed by atoms with Crippen LogP contribution in [0.3, 0.4) is 0 Å². The lowest BCUT2D eigenvalue weighted by atomic mass is 10.1. The molecule has 0 aliphatic heterocycles. The van der Waals surface area contributed by atoms with Gasteiger partial charge in [0.15, 0.2) is 0 Å². The molecule has 1 heterocycles. The molecule has 0 atom stereocenters. The smallest absolute Gasteiger partial charge is 0.335 e. The number of hydrogen-bond donors (Lipinski definition) is 0. The van der Waals surface area contributed by atoms with Crippen LogP contribution in [0, 0.1) is 0 Å². The predicted octanol–water partition coefficient (Wildman–Crippen LogP) is 2.51. The first-order valence-corrected chi connectivity index (χ1v) is 8.36. The molecule has 8 nitrogen and oxygen atoms in total. The lowest BCUT2D eigenvalue weighted by Crippen LogP contribution is -2.44. The Bertz CT molecular complexity index is 817. The maximum atomic E-state index is 12.5. The lowest BCUT2D eigenvalue weighted by Gasteiger charge is -2.23. The molecule has 0 aliphatic rings. The highest BCUT2D eigenvalue weighted by Crippen LogP contribution is 2.29. The van der Waals surface area contributed by atoms with E-state index in [-0.39, 0.29) is 12.4 Å². The maximum absolute atomic E-state index is 12.5. The van der Waals surface area contributed by atoms with Gasteiger partial charge in [0.05, 0.1) is 13.7 Å². The van der Waals surface area contributed by atoms with E-state index in [0.29, 0.717) is 24.2 Å². The van der Waals surface area contributed by atoms with Crippen LogP contribution in [0.25, 0.3) is 11.4 Å². The number of hydroxylamine groups is 2. The molecule has 0 fully saturated rings. The molecule has 0 N–H and O–H groups in total. The second-order valence-electron chi connectivity index (χ2n) is 5.62. The van der Waals surface area contributed by atoms with Gasteiger partial charge in [0, 0.05) is 18.7 Å². The number of carbonyl (C=O) groups excluding carboxylic acids is 2. The van der Waals surface area contributed by atoms with E-state index in [9.17, 15) is 22.8 Å². The molecule has 152 valence electrons. The van der Waals surface area contributed by atoms with Crippen LogP contribution in [0.15, 0.2) is 28.8 Å². The summed E-state index contributed by atoms with van der Waals surface area (Å²) in [5.74, 6) is -3.15. The lowest BCUT2D eigenvalue weighted by molar-refractivity contribution is -0.185. The highest BCUT2D eigenvalue weighted by molar-refractivity contribution is 6.34. The van der Waals surface area contributed by atoms with Crippen molar-refractivity contribution < 1.29 is 32.1 Å². The first-order chi connectivity index (χ1) is 13.2. The van der Waals surface area contributed by atoms with Crippen molar-refractivity contribution in [1.29, 1.82) is 0 Å². The van der Waals surface area contributed by atoms with Gasteiger partial charge < -0.3 is 9.42 Å². The van der Waals surface area contributed by atoms with Gasteiger partial charge in [-0.2, -0.15) is 18.2 Å². The molecule has 1 aromatic heterocycles. The fourth-order valence-electron chi connectivity index (χ4n) is 2.35. The average molecular weight is 400 g/mol. The predicted molar refractivity (Wildman–Crippen MR) is 90.2 cm³/mol. The molecule has 0 unspecified atom stereocenters. The number of benzene rings is 1. The summed E-state index contributed by atoms with van der Waals surface area (Å²) < 4.78 is 41.8. The number of aromatic nitrogens is 2. The van der Waals surface area contributed by atoms with Gasteiger partial charge in [-0.25, -0.2) is 5.06 Å².